The summed E-state index contributed by atoms with van der Waals surface area (Å²) in [4.78, 5) is 24.6. The Hall–Kier alpha value is -1.20. The van der Waals surface area contributed by atoms with Gasteiger partial charge < -0.3 is 9.16 Å². The van der Waals surface area contributed by atoms with Crippen molar-refractivity contribution < 1.29 is 18.8 Å². The molecule has 1 aliphatic heterocycles. The number of carbonyl (C=O) groups is 2. The first-order chi connectivity index (χ1) is 20.9. The molecule has 4 aliphatic carbocycles. The molecule has 4 nitrogen and oxygen atoms in total. The van der Waals surface area contributed by atoms with Gasteiger partial charge in [0.1, 0.15) is 11.9 Å². The van der Waals surface area contributed by atoms with Crippen molar-refractivity contribution in [3.05, 3.63) is 25.3 Å². The van der Waals surface area contributed by atoms with Crippen LogP contribution in [0.5, 0.6) is 0 Å². The lowest BCUT2D eigenvalue weighted by molar-refractivity contribution is -0.144. The second-order valence-electron chi connectivity index (χ2n) is 16.4. The summed E-state index contributed by atoms with van der Waals surface area (Å²) in [6.45, 7) is 26.9. The number of hydrogen-bond acceptors (Lipinski definition) is 4. The van der Waals surface area contributed by atoms with Gasteiger partial charge in [0.2, 0.25) is 0 Å². The van der Waals surface area contributed by atoms with E-state index >= 15 is 0 Å². The molecule has 0 radical (unpaired) electrons. The topological polar surface area (TPSA) is 52.6 Å². The van der Waals surface area contributed by atoms with Crippen LogP contribution >= 0.6 is 0 Å². The molecule has 250 valence electrons. The van der Waals surface area contributed by atoms with Gasteiger partial charge in [-0.1, -0.05) is 92.2 Å². The minimum atomic E-state index is -1.89. The van der Waals surface area contributed by atoms with Crippen LogP contribution in [-0.2, 0) is 18.8 Å². The predicted octanol–water partition coefficient (Wildman–Crippen LogP) is 10.2. The maximum atomic E-state index is 12.7. The lowest BCUT2D eigenvalue weighted by atomic mass is 9.57. The number of ether oxygens (including phenoxy) is 1. The molecule has 0 aromatic rings. The van der Waals surface area contributed by atoms with E-state index in [9.17, 15) is 9.59 Å². The van der Waals surface area contributed by atoms with Gasteiger partial charge >= 0.3 is 5.97 Å². The van der Waals surface area contributed by atoms with E-state index in [1.54, 1.807) is 6.92 Å². The lowest BCUT2D eigenvalue weighted by Gasteiger charge is -2.49. The van der Waals surface area contributed by atoms with Gasteiger partial charge in [-0.15, -0.1) is 13.2 Å². The van der Waals surface area contributed by atoms with Crippen LogP contribution in [0.1, 0.15) is 120 Å². The SMILES string of the molecule is C=C[C@H]1[C@@H]2CCCC[C@H]2C[C@@H](CO[Si](C(C)C)(C(C)C)C(C)C)[C@H]1C(C)=O.C=C[C@H]1[C@@H]2CCCC[C@H]2C[C@H]2C(=O)O[C@H](C)[C@@H]12. The summed E-state index contributed by atoms with van der Waals surface area (Å²) in [7, 11) is -1.89. The van der Waals surface area contributed by atoms with Crippen LogP contribution in [0, 0.1) is 59.2 Å². The standard InChI is InChI=1S/C24H44O2Si.C15H22O2/c1-9-22-23-13-11-10-12-20(23)14-21(24(22)19(8)25)15-26-27(16(2)3,17(4)5)18(6)7;1-3-11-12-7-5-4-6-10(12)8-13-14(11)9(2)17-15(13)16/h9,16-18,20-24H,1,10-15H2,2-8H3;3,9-14H,1,4-8H2,2H3/t20-,21-,22-,23+,24+;9-,10+,11+,12-,13-,14+/m01/s1. The third kappa shape index (κ3) is 6.90. The molecule has 5 rings (SSSR count). The van der Waals surface area contributed by atoms with Crippen molar-refractivity contribution in [2.24, 2.45) is 59.2 Å². The Kier molecular flexibility index (Phi) is 12.3. The lowest BCUT2D eigenvalue weighted by Crippen LogP contribution is -2.51. The Balaban J connectivity index is 0.000000221. The van der Waals surface area contributed by atoms with Crippen LogP contribution in [0.4, 0.5) is 0 Å². The number of rotatable bonds is 9. The van der Waals surface area contributed by atoms with Crippen LogP contribution in [-0.4, -0.2) is 32.8 Å². The van der Waals surface area contributed by atoms with Crippen LogP contribution < -0.4 is 0 Å². The molecule has 0 bridgehead atoms. The summed E-state index contributed by atoms with van der Waals surface area (Å²) in [6, 6.07) is 0. The smallest absolute Gasteiger partial charge is 0.309 e. The van der Waals surface area contributed by atoms with Gasteiger partial charge in [0.05, 0.1) is 5.92 Å². The van der Waals surface area contributed by atoms with Crippen molar-refractivity contribution in [2.75, 3.05) is 6.61 Å². The Bertz CT molecular complexity index is 980. The van der Waals surface area contributed by atoms with Crippen molar-refractivity contribution in [1.29, 1.82) is 0 Å². The van der Waals surface area contributed by atoms with Gasteiger partial charge in [-0.3, -0.25) is 9.59 Å². The van der Waals surface area contributed by atoms with Gasteiger partial charge in [-0.2, -0.15) is 0 Å². The highest BCUT2D eigenvalue weighted by Gasteiger charge is 2.54. The van der Waals surface area contributed by atoms with Crippen molar-refractivity contribution in [2.45, 2.75) is 142 Å². The molecule has 0 aromatic carbocycles. The van der Waals surface area contributed by atoms with E-state index < -0.39 is 8.32 Å². The molecule has 0 amide bonds. The average molecular weight is 627 g/mol. The van der Waals surface area contributed by atoms with Crippen molar-refractivity contribution in [1.82, 2.24) is 0 Å². The van der Waals surface area contributed by atoms with E-state index in [2.05, 4.69) is 73.8 Å². The van der Waals surface area contributed by atoms with E-state index in [1.807, 2.05) is 0 Å². The molecule has 0 spiro atoms. The summed E-state index contributed by atoms with van der Waals surface area (Å²) in [6.07, 6.45) is 17.2. The van der Waals surface area contributed by atoms with E-state index in [0.717, 1.165) is 30.8 Å². The van der Waals surface area contributed by atoms with E-state index in [4.69, 9.17) is 9.16 Å². The fourth-order valence-electron chi connectivity index (χ4n) is 11.6. The highest BCUT2D eigenvalue weighted by Crippen LogP contribution is 2.54. The normalized spacial score (nSPS) is 38.6. The maximum absolute atomic E-state index is 12.7. The second-order valence-corrected chi connectivity index (χ2v) is 21.8. The largest absolute Gasteiger partial charge is 0.462 e. The average Bonchev–Trinajstić information content (AvgIpc) is 3.27. The fourth-order valence-corrected chi connectivity index (χ4v) is 17.1. The van der Waals surface area contributed by atoms with Crippen LogP contribution in [0.25, 0.3) is 0 Å². The number of Topliss-reactive ketones (excluding diaryl/α,β-unsaturated/α-hetero) is 1. The Labute approximate surface area is 271 Å². The number of ketones is 1. The molecule has 11 atom stereocenters. The summed E-state index contributed by atoms with van der Waals surface area (Å²) in [5.41, 5.74) is 1.78. The zero-order valence-corrected chi connectivity index (χ0v) is 30.6. The molecule has 4 saturated carbocycles. The molecule has 5 fully saturated rings. The number of esters is 1. The highest BCUT2D eigenvalue weighted by atomic mass is 28.4. The first-order valence-electron chi connectivity index (χ1n) is 18.5. The van der Waals surface area contributed by atoms with Gasteiger partial charge in [0, 0.05) is 18.4 Å². The van der Waals surface area contributed by atoms with Crippen LogP contribution in [0.15, 0.2) is 25.3 Å². The molecule has 0 N–H and O–H groups in total. The van der Waals surface area contributed by atoms with Crippen LogP contribution in [0.2, 0.25) is 16.6 Å². The number of allylic oxidation sites excluding steroid dienone is 2. The summed E-state index contributed by atoms with van der Waals surface area (Å²) in [5.74, 6) is 5.23. The number of hydrogen-bond donors (Lipinski definition) is 0. The van der Waals surface area contributed by atoms with E-state index in [-0.39, 0.29) is 23.9 Å². The van der Waals surface area contributed by atoms with Crippen molar-refractivity contribution in [3.63, 3.8) is 0 Å². The molecule has 1 saturated heterocycles. The molecule has 1 heterocycles. The summed E-state index contributed by atoms with van der Waals surface area (Å²) >= 11 is 0. The highest BCUT2D eigenvalue weighted by molar-refractivity contribution is 6.77. The third-order valence-electron chi connectivity index (χ3n) is 13.3. The molecule has 44 heavy (non-hydrogen) atoms. The Morgan fingerprint density at radius 2 is 1.36 bits per heavy atom. The monoisotopic (exact) mass is 626 g/mol. The molecular formula is C39H66O4Si. The van der Waals surface area contributed by atoms with Gasteiger partial charge in [-0.25, -0.2) is 0 Å². The zero-order chi connectivity index (χ0) is 32.3. The number of fused-ring (bicyclic) bond motifs is 3. The number of cyclic esters (lactones) is 1. The number of carbonyl (C=O) groups excluding carboxylic acids is 2. The van der Waals surface area contributed by atoms with Gasteiger partial charge in [0.25, 0.3) is 0 Å². The predicted molar refractivity (Wildman–Crippen MR) is 185 cm³/mol. The van der Waals surface area contributed by atoms with Crippen molar-refractivity contribution >= 4 is 20.1 Å². The summed E-state index contributed by atoms with van der Waals surface area (Å²) < 4.78 is 12.4. The first-order valence-corrected chi connectivity index (χ1v) is 20.6. The molecular weight excluding hydrogens is 561 g/mol. The maximum Gasteiger partial charge on any atom is 0.309 e. The molecule has 5 heteroatoms. The quantitative estimate of drug-likeness (QED) is 0.145. The van der Waals surface area contributed by atoms with Crippen LogP contribution in [0.3, 0.4) is 0 Å². The van der Waals surface area contributed by atoms with Gasteiger partial charge in [0.15, 0.2) is 8.32 Å². The zero-order valence-electron chi connectivity index (χ0n) is 29.6. The third-order valence-corrected chi connectivity index (χ3v) is 19.4. The molecule has 0 aromatic heterocycles. The minimum absolute atomic E-state index is 0.0540. The van der Waals surface area contributed by atoms with Gasteiger partial charge in [-0.05, 0) is 97.6 Å². The minimum Gasteiger partial charge on any atom is -0.462 e. The first kappa shape index (κ1) is 35.6. The Morgan fingerprint density at radius 3 is 1.86 bits per heavy atom. The fraction of sp³-hybridized carbons (Fsp3) is 0.846. The summed E-state index contributed by atoms with van der Waals surface area (Å²) in [5, 5.41) is 0. The Morgan fingerprint density at radius 1 is 0.864 bits per heavy atom. The second kappa shape index (κ2) is 15.1. The van der Waals surface area contributed by atoms with Crippen molar-refractivity contribution in [3.8, 4) is 0 Å². The molecule has 0 unspecified atom stereocenters. The van der Waals surface area contributed by atoms with E-state index in [0.29, 0.717) is 52.0 Å². The molecule has 5 aliphatic rings. The van der Waals surface area contributed by atoms with E-state index in [1.165, 1.54) is 57.8 Å².